The van der Waals surface area contributed by atoms with E-state index in [1.165, 1.54) is 11.3 Å². The van der Waals surface area contributed by atoms with Crippen LogP contribution in [0.4, 0.5) is 5.69 Å². The Morgan fingerprint density at radius 1 is 1.13 bits per heavy atom. The molecule has 168 valence electrons. The summed E-state index contributed by atoms with van der Waals surface area (Å²) in [5.41, 5.74) is 2.49. The third-order valence-corrected chi connectivity index (χ3v) is 5.34. The Hall–Kier alpha value is -1.32. The molecule has 0 radical (unpaired) electrons. The van der Waals surface area contributed by atoms with Gasteiger partial charge < -0.3 is 25.0 Å². The molecule has 2 aliphatic rings. The number of ether oxygens (including phenoxy) is 2. The lowest BCUT2D eigenvalue weighted by atomic mass is 10.0. The Morgan fingerprint density at radius 2 is 1.87 bits per heavy atom. The highest BCUT2D eigenvalue weighted by atomic mass is 127. The van der Waals surface area contributed by atoms with Gasteiger partial charge in [-0.05, 0) is 49.8 Å². The van der Waals surface area contributed by atoms with Crippen molar-refractivity contribution < 1.29 is 9.47 Å². The smallest absolute Gasteiger partial charge is 0.191 e. The highest BCUT2D eigenvalue weighted by molar-refractivity contribution is 14.0. The second-order valence-corrected chi connectivity index (χ2v) is 7.65. The fraction of sp³-hybridized carbons (Fsp3) is 0.609. The molecule has 0 bridgehead atoms. The van der Waals surface area contributed by atoms with Crippen LogP contribution in [0, 0.1) is 5.92 Å². The second kappa shape index (κ2) is 14.6. The maximum atomic E-state index is 5.83. The average Bonchev–Trinajstić information content (AvgIpc) is 3.30. The number of aliphatic imine (C=N–C) groups is 1. The van der Waals surface area contributed by atoms with Gasteiger partial charge in [0.2, 0.25) is 0 Å². The second-order valence-electron chi connectivity index (χ2n) is 7.65. The van der Waals surface area contributed by atoms with E-state index in [1.54, 1.807) is 0 Å². The van der Waals surface area contributed by atoms with Gasteiger partial charge in [0.15, 0.2) is 5.96 Å². The topological polar surface area (TPSA) is 58.1 Å². The predicted molar refractivity (Wildman–Crippen MR) is 135 cm³/mol. The van der Waals surface area contributed by atoms with E-state index in [4.69, 9.17) is 14.5 Å². The number of hydrogen-bond donors (Lipinski definition) is 2. The first-order valence-corrected chi connectivity index (χ1v) is 11.0. The molecule has 0 saturated carbocycles. The zero-order valence-electron chi connectivity index (χ0n) is 18.1. The Balaban J connectivity index is 0.00000320. The lowest BCUT2D eigenvalue weighted by Gasteiger charge is -2.21. The Bertz CT molecular complexity index is 637. The van der Waals surface area contributed by atoms with Gasteiger partial charge in [0.05, 0.1) is 6.54 Å². The molecule has 0 spiro atoms. The maximum Gasteiger partial charge on any atom is 0.191 e. The molecule has 0 aliphatic carbocycles. The number of nitrogens with zero attached hydrogens (tertiary/aromatic N) is 2. The minimum atomic E-state index is 0. The fourth-order valence-corrected chi connectivity index (χ4v) is 3.56. The molecule has 2 N–H and O–H groups in total. The van der Waals surface area contributed by atoms with Crippen LogP contribution in [-0.2, 0) is 16.0 Å². The first kappa shape index (κ1) is 24.9. The van der Waals surface area contributed by atoms with Gasteiger partial charge in [-0.2, -0.15) is 0 Å². The number of halogens is 1. The molecule has 1 aromatic rings. The summed E-state index contributed by atoms with van der Waals surface area (Å²) in [7, 11) is 0. The number of nitrogens with one attached hydrogen (secondary N) is 2. The van der Waals surface area contributed by atoms with Gasteiger partial charge in [0.25, 0.3) is 0 Å². The molecule has 1 saturated heterocycles. The normalized spacial score (nSPS) is 17.1. The van der Waals surface area contributed by atoms with E-state index in [0.29, 0.717) is 12.5 Å². The van der Waals surface area contributed by atoms with Crippen molar-refractivity contribution in [2.45, 2.75) is 32.7 Å². The molecule has 6 nitrogen and oxygen atoms in total. The molecule has 2 aliphatic heterocycles. The number of hydrogen-bond acceptors (Lipinski definition) is 4. The largest absolute Gasteiger partial charge is 0.381 e. The van der Waals surface area contributed by atoms with Crippen molar-refractivity contribution in [1.82, 2.24) is 10.6 Å². The van der Waals surface area contributed by atoms with Gasteiger partial charge >= 0.3 is 0 Å². The first-order valence-electron chi connectivity index (χ1n) is 11.0. The van der Waals surface area contributed by atoms with Gasteiger partial charge in [0, 0.05) is 58.3 Å². The SMILES string of the molecule is CCNC(=NCc1ccc(N2CC=CC2)cc1)NCCCOCC1CCOCC1.I. The van der Waals surface area contributed by atoms with Gasteiger partial charge in [-0.3, -0.25) is 0 Å². The summed E-state index contributed by atoms with van der Waals surface area (Å²) >= 11 is 0. The number of anilines is 1. The van der Waals surface area contributed by atoms with Gasteiger partial charge in [-0.25, -0.2) is 4.99 Å². The highest BCUT2D eigenvalue weighted by Gasteiger charge is 2.13. The van der Waals surface area contributed by atoms with Crippen LogP contribution in [0.5, 0.6) is 0 Å². The summed E-state index contributed by atoms with van der Waals surface area (Å²) in [4.78, 5) is 7.07. The molecular weight excluding hydrogens is 491 g/mol. The number of rotatable bonds is 10. The monoisotopic (exact) mass is 528 g/mol. The Kier molecular flexibility index (Phi) is 12.2. The van der Waals surface area contributed by atoms with Crippen molar-refractivity contribution in [1.29, 1.82) is 0 Å². The van der Waals surface area contributed by atoms with Crippen molar-refractivity contribution in [3.63, 3.8) is 0 Å². The van der Waals surface area contributed by atoms with Crippen LogP contribution in [0.2, 0.25) is 0 Å². The Labute approximate surface area is 198 Å². The maximum absolute atomic E-state index is 5.83. The average molecular weight is 528 g/mol. The van der Waals surface area contributed by atoms with Crippen LogP contribution in [0.1, 0.15) is 31.7 Å². The zero-order chi connectivity index (χ0) is 20.2. The van der Waals surface area contributed by atoms with Crippen molar-refractivity contribution >= 4 is 35.6 Å². The fourth-order valence-electron chi connectivity index (χ4n) is 3.56. The van der Waals surface area contributed by atoms with Crippen molar-refractivity contribution in [2.75, 3.05) is 57.5 Å². The third kappa shape index (κ3) is 8.81. The molecule has 3 rings (SSSR count). The highest BCUT2D eigenvalue weighted by Crippen LogP contribution is 2.18. The zero-order valence-corrected chi connectivity index (χ0v) is 20.5. The van der Waals surface area contributed by atoms with E-state index in [9.17, 15) is 0 Å². The van der Waals surface area contributed by atoms with Crippen molar-refractivity contribution in [3.8, 4) is 0 Å². The van der Waals surface area contributed by atoms with E-state index in [2.05, 4.69) is 58.9 Å². The molecule has 0 atom stereocenters. The summed E-state index contributed by atoms with van der Waals surface area (Å²) < 4.78 is 11.2. The molecular formula is C23H37IN4O2. The predicted octanol–water partition coefficient (Wildman–Crippen LogP) is 3.57. The van der Waals surface area contributed by atoms with Crippen LogP contribution in [0.25, 0.3) is 0 Å². The van der Waals surface area contributed by atoms with Crippen LogP contribution in [0.15, 0.2) is 41.4 Å². The molecule has 1 aromatic carbocycles. The van der Waals surface area contributed by atoms with Crippen molar-refractivity contribution in [2.24, 2.45) is 10.9 Å². The van der Waals surface area contributed by atoms with Gasteiger partial charge in [0.1, 0.15) is 0 Å². The lowest BCUT2D eigenvalue weighted by Crippen LogP contribution is -2.38. The summed E-state index contributed by atoms with van der Waals surface area (Å²) in [6.07, 6.45) is 7.66. The minimum Gasteiger partial charge on any atom is -0.381 e. The number of benzene rings is 1. The van der Waals surface area contributed by atoms with E-state index >= 15 is 0 Å². The summed E-state index contributed by atoms with van der Waals surface area (Å²) in [5, 5.41) is 6.73. The summed E-state index contributed by atoms with van der Waals surface area (Å²) in [6.45, 7) is 9.91. The van der Waals surface area contributed by atoms with E-state index in [-0.39, 0.29) is 24.0 Å². The molecule has 2 heterocycles. The molecule has 30 heavy (non-hydrogen) atoms. The van der Waals surface area contributed by atoms with Gasteiger partial charge in [-0.1, -0.05) is 24.3 Å². The van der Waals surface area contributed by atoms with Crippen molar-refractivity contribution in [3.05, 3.63) is 42.0 Å². The van der Waals surface area contributed by atoms with E-state index in [0.717, 1.165) is 77.8 Å². The Morgan fingerprint density at radius 3 is 2.57 bits per heavy atom. The lowest BCUT2D eigenvalue weighted by molar-refractivity contribution is 0.0203. The minimum absolute atomic E-state index is 0. The number of guanidine groups is 1. The van der Waals surface area contributed by atoms with Crippen LogP contribution in [0.3, 0.4) is 0 Å². The molecule has 0 aromatic heterocycles. The molecule has 0 amide bonds. The summed E-state index contributed by atoms with van der Waals surface area (Å²) in [6, 6.07) is 8.72. The third-order valence-electron chi connectivity index (χ3n) is 5.34. The van der Waals surface area contributed by atoms with Crippen LogP contribution >= 0.6 is 24.0 Å². The standard InChI is InChI=1S/C23H36N4O2.HI/c1-2-24-23(25-12-5-15-29-19-21-10-16-28-17-11-21)26-18-20-6-8-22(9-7-20)27-13-3-4-14-27;/h3-4,6-9,21H,2,5,10-19H2,1H3,(H2,24,25,26);1H. The molecule has 0 unspecified atom stereocenters. The van der Waals surface area contributed by atoms with Gasteiger partial charge in [-0.15, -0.1) is 24.0 Å². The first-order chi connectivity index (χ1) is 14.3. The quantitative estimate of drug-likeness (QED) is 0.160. The van der Waals surface area contributed by atoms with Crippen LogP contribution < -0.4 is 15.5 Å². The van der Waals surface area contributed by atoms with Crippen LogP contribution in [-0.4, -0.2) is 58.6 Å². The molecule has 7 heteroatoms. The molecule has 1 fully saturated rings. The van der Waals surface area contributed by atoms with E-state index < -0.39 is 0 Å². The summed E-state index contributed by atoms with van der Waals surface area (Å²) in [5.74, 6) is 1.54. The van der Waals surface area contributed by atoms with E-state index in [1.807, 2.05) is 0 Å².